The van der Waals surface area contributed by atoms with Crippen molar-refractivity contribution in [3.63, 3.8) is 0 Å². The van der Waals surface area contributed by atoms with Crippen molar-refractivity contribution in [3.05, 3.63) is 75.4 Å². The molecular weight excluding hydrogens is 551 g/mol. The number of rotatable bonds is 7. The first-order chi connectivity index (χ1) is 18.0. The summed E-state index contributed by atoms with van der Waals surface area (Å²) in [5.41, 5.74) is 1.37. The lowest BCUT2D eigenvalue weighted by atomic mass is 9.94. The molecule has 38 heavy (non-hydrogen) atoms. The number of sulfonamides is 1. The van der Waals surface area contributed by atoms with Crippen molar-refractivity contribution in [2.24, 2.45) is 0 Å². The third kappa shape index (κ3) is 5.69. The molecule has 1 N–H and O–H groups in total. The number of nitrogens with zero attached hydrogens (tertiary/aromatic N) is 3. The summed E-state index contributed by atoms with van der Waals surface area (Å²) in [4.78, 5) is 29.8. The highest BCUT2D eigenvalue weighted by atomic mass is 35.5. The van der Waals surface area contributed by atoms with Crippen LogP contribution >= 0.6 is 23.2 Å². The molecule has 2 amide bonds. The summed E-state index contributed by atoms with van der Waals surface area (Å²) in [6.45, 7) is 5.03. The number of urea groups is 1. The van der Waals surface area contributed by atoms with Crippen molar-refractivity contribution in [1.82, 2.24) is 19.4 Å². The van der Waals surface area contributed by atoms with Crippen LogP contribution in [0.2, 0.25) is 10.0 Å². The minimum absolute atomic E-state index is 0.167. The Bertz CT molecular complexity index is 1350. The molecule has 0 aliphatic carbocycles. The van der Waals surface area contributed by atoms with Crippen molar-refractivity contribution in [2.45, 2.75) is 30.8 Å². The number of carbonyl (C=O) groups excluding carboxylic acids is 2. The molecule has 2 aliphatic heterocycles. The van der Waals surface area contributed by atoms with Gasteiger partial charge in [0.05, 0.1) is 23.1 Å². The van der Waals surface area contributed by atoms with Gasteiger partial charge in [0.2, 0.25) is 10.0 Å². The fourth-order valence-electron chi connectivity index (χ4n) is 4.81. The summed E-state index contributed by atoms with van der Waals surface area (Å²) < 4.78 is 33.4. The van der Waals surface area contributed by atoms with E-state index in [1.54, 1.807) is 50.4 Å². The number of hydrogen-bond acceptors (Lipinski definition) is 6. The summed E-state index contributed by atoms with van der Waals surface area (Å²) in [6, 6.07) is 11.6. The van der Waals surface area contributed by atoms with Crippen LogP contribution < -0.4 is 5.32 Å². The minimum atomic E-state index is -3.71. The molecular formula is C26H30Cl2N4O5S. The SMILES string of the molecule is CCOC(=O)C1=C(CN2CCN(S(=O)(=O)c3ccc(Cl)cc3)[C@H](C)C2)N(C)C(=O)N[C@H]1c1ccccc1Cl. The van der Waals surface area contributed by atoms with Crippen LogP contribution in [0.25, 0.3) is 0 Å². The van der Waals surface area contributed by atoms with Crippen LogP contribution in [0.15, 0.2) is 64.7 Å². The Balaban J connectivity index is 1.63. The lowest BCUT2D eigenvalue weighted by Gasteiger charge is -2.41. The lowest BCUT2D eigenvalue weighted by molar-refractivity contribution is -0.139. The first-order valence-electron chi connectivity index (χ1n) is 12.2. The third-order valence-electron chi connectivity index (χ3n) is 6.73. The Morgan fingerprint density at radius 3 is 2.42 bits per heavy atom. The van der Waals surface area contributed by atoms with Gasteiger partial charge in [0.15, 0.2) is 0 Å². The molecule has 12 heteroatoms. The predicted molar refractivity (Wildman–Crippen MR) is 145 cm³/mol. The van der Waals surface area contributed by atoms with E-state index in [9.17, 15) is 18.0 Å². The highest BCUT2D eigenvalue weighted by Gasteiger charge is 2.40. The fourth-order valence-corrected chi connectivity index (χ4v) is 6.80. The van der Waals surface area contributed by atoms with Crippen molar-refractivity contribution < 1.29 is 22.7 Å². The summed E-state index contributed by atoms with van der Waals surface area (Å²) in [5, 5.41) is 3.74. The van der Waals surface area contributed by atoms with Gasteiger partial charge in [-0.05, 0) is 49.7 Å². The van der Waals surface area contributed by atoms with Crippen LogP contribution in [-0.2, 0) is 19.6 Å². The molecule has 2 aliphatic rings. The van der Waals surface area contributed by atoms with Crippen molar-refractivity contribution in [2.75, 3.05) is 39.8 Å². The van der Waals surface area contributed by atoms with Crippen molar-refractivity contribution in [1.29, 1.82) is 0 Å². The smallest absolute Gasteiger partial charge is 0.338 e. The number of ether oxygens (including phenoxy) is 1. The Kier molecular flexibility index (Phi) is 8.68. The molecule has 0 aromatic heterocycles. The van der Waals surface area contributed by atoms with Crippen LogP contribution in [0.5, 0.6) is 0 Å². The zero-order valence-electron chi connectivity index (χ0n) is 21.4. The molecule has 2 aromatic carbocycles. The zero-order valence-corrected chi connectivity index (χ0v) is 23.7. The number of benzene rings is 2. The minimum Gasteiger partial charge on any atom is -0.463 e. The number of halogens is 2. The Labute approximate surface area is 233 Å². The molecule has 2 aromatic rings. The van der Waals surface area contributed by atoms with E-state index in [4.69, 9.17) is 27.9 Å². The normalized spacial score (nSPS) is 21.4. The molecule has 1 fully saturated rings. The highest BCUT2D eigenvalue weighted by molar-refractivity contribution is 7.89. The molecule has 0 bridgehead atoms. The number of esters is 1. The van der Waals surface area contributed by atoms with Gasteiger partial charge >= 0.3 is 12.0 Å². The van der Waals surface area contributed by atoms with E-state index in [1.807, 2.05) is 11.8 Å². The Hall–Kier alpha value is -2.63. The van der Waals surface area contributed by atoms with E-state index < -0.39 is 22.0 Å². The molecule has 2 atom stereocenters. The Morgan fingerprint density at radius 2 is 1.79 bits per heavy atom. The standard InChI is InChI=1S/C26H30Cl2N4O5S/c1-4-37-25(33)23-22(30(3)26(34)29-24(23)20-7-5-6-8-21(20)28)16-31-13-14-32(17(2)15-31)38(35,36)19-11-9-18(27)10-12-19/h5-12,17,24H,4,13-16H2,1-3H3,(H,29,34)/t17-,24+/m1/s1. The molecule has 2 heterocycles. The number of nitrogens with one attached hydrogen (secondary N) is 1. The highest BCUT2D eigenvalue weighted by Crippen LogP contribution is 2.35. The lowest BCUT2D eigenvalue weighted by Crippen LogP contribution is -2.56. The van der Waals surface area contributed by atoms with E-state index in [2.05, 4.69) is 5.32 Å². The van der Waals surface area contributed by atoms with Crippen molar-refractivity contribution in [3.8, 4) is 0 Å². The largest absolute Gasteiger partial charge is 0.463 e. The van der Waals surface area contributed by atoms with Gasteiger partial charge in [0.25, 0.3) is 0 Å². The van der Waals surface area contributed by atoms with Gasteiger partial charge in [-0.3, -0.25) is 9.80 Å². The van der Waals surface area contributed by atoms with Crippen LogP contribution in [0.3, 0.4) is 0 Å². The second-order valence-electron chi connectivity index (χ2n) is 9.20. The van der Waals surface area contributed by atoms with Gasteiger partial charge in [-0.15, -0.1) is 0 Å². The van der Waals surface area contributed by atoms with Crippen LogP contribution in [0, 0.1) is 0 Å². The monoisotopic (exact) mass is 580 g/mol. The second-order valence-corrected chi connectivity index (χ2v) is 11.9. The first-order valence-corrected chi connectivity index (χ1v) is 14.4. The number of hydrogen-bond donors (Lipinski definition) is 1. The van der Waals surface area contributed by atoms with E-state index >= 15 is 0 Å². The van der Waals surface area contributed by atoms with Gasteiger partial charge in [0.1, 0.15) is 0 Å². The molecule has 1 saturated heterocycles. The number of carbonyl (C=O) groups is 2. The molecule has 4 rings (SSSR count). The van der Waals surface area contributed by atoms with E-state index in [0.717, 1.165) is 0 Å². The zero-order chi connectivity index (χ0) is 27.6. The number of piperazine rings is 1. The van der Waals surface area contributed by atoms with E-state index in [0.29, 0.717) is 40.0 Å². The van der Waals surface area contributed by atoms with Crippen molar-refractivity contribution >= 4 is 45.2 Å². The van der Waals surface area contributed by atoms with Crippen LogP contribution in [-0.4, -0.2) is 80.4 Å². The molecule has 0 unspecified atom stereocenters. The molecule has 0 spiro atoms. The number of amides is 2. The topological polar surface area (TPSA) is 99.3 Å². The first kappa shape index (κ1) is 28.4. The second kappa shape index (κ2) is 11.6. The quantitative estimate of drug-likeness (QED) is 0.498. The van der Waals surface area contributed by atoms with Crippen LogP contribution in [0.4, 0.5) is 4.79 Å². The fraction of sp³-hybridized carbons (Fsp3) is 0.385. The molecule has 9 nitrogen and oxygen atoms in total. The number of likely N-dealkylation sites (N-methyl/N-ethyl adjacent to an activating group) is 1. The van der Waals surface area contributed by atoms with Crippen LogP contribution in [0.1, 0.15) is 25.5 Å². The average Bonchev–Trinajstić information content (AvgIpc) is 2.87. The molecule has 204 valence electrons. The predicted octanol–water partition coefficient (Wildman–Crippen LogP) is 3.90. The summed E-state index contributed by atoms with van der Waals surface area (Å²) in [7, 11) is -2.12. The maximum Gasteiger partial charge on any atom is 0.338 e. The van der Waals surface area contributed by atoms with E-state index in [1.165, 1.54) is 21.3 Å². The van der Waals surface area contributed by atoms with E-state index in [-0.39, 0.29) is 36.7 Å². The summed E-state index contributed by atoms with van der Waals surface area (Å²) in [5.74, 6) is -0.545. The van der Waals surface area contributed by atoms with Gasteiger partial charge in [-0.1, -0.05) is 41.4 Å². The third-order valence-corrected chi connectivity index (χ3v) is 9.36. The summed E-state index contributed by atoms with van der Waals surface area (Å²) in [6.07, 6.45) is 0. The molecule has 0 saturated carbocycles. The maximum atomic E-state index is 13.3. The average molecular weight is 582 g/mol. The Morgan fingerprint density at radius 1 is 1.11 bits per heavy atom. The van der Waals surface area contributed by atoms with Gasteiger partial charge < -0.3 is 10.1 Å². The van der Waals surface area contributed by atoms with Gasteiger partial charge in [-0.2, -0.15) is 4.31 Å². The van der Waals surface area contributed by atoms with Gasteiger partial charge in [0, 0.05) is 55.0 Å². The molecule has 0 radical (unpaired) electrons. The maximum absolute atomic E-state index is 13.3. The summed E-state index contributed by atoms with van der Waals surface area (Å²) >= 11 is 12.4. The van der Waals surface area contributed by atoms with Gasteiger partial charge in [-0.25, -0.2) is 18.0 Å².